The van der Waals surface area contributed by atoms with Crippen LogP contribution in [-0.2, 0) is 4.79 Å². The van der Waals surface area contributed by atoms with Crippen LogP contribution >= 0.6 is 23.8 Å². The molecule has 1 aromatic carbocycles. The Bertz CT molecular complexity index is 409. The Kier molecular flexibility index (Phi) is 4.71. The molecule has 0 spiro atoms. The third-order valence-corrected chi connectivity index (χ3v) is 2.81. The lowest BCUT2D eigenvalue weighted by Gasteiger charge is -2.13. The maximum Gasteiger partial charge on any atom is 0.234 e. The number of anilines is 1. The molecule has 0 saturated carbocycles. The molecule has 0 aliphatic heterocycles. The zero-order valence-corrected chi connectivity index (χ0v) is 10.4. The van der Waals surface area contributed by atoms with Crippen LogP contribution in [0.2, 0.25) is 5.02 Å². The Morgan fingerprint density at radius 2 is 2.19 bits per heavy atom. The predicted octanol–water partition coefficient (Wildman–Crippen LogP) is 2.59. The molecule has 1 aromatic rings. The predicted molar refractivity (Wildman–Crippen MR) is 70.6 cm³/mol. The van der Waals surface area contributed by atoms with E-state index < -0.39 is 5.92 Å². The van der Waals surface area contributed by atoms with Crippen LogP contribution < -0.4 is 11.1 Å². The van der Waals surface area contributed by atoms with E-state index in [-0.39, 0.29) is 10.9 Å². The van der Waals surface area contributed by atoms with Gasteiger partial charge in [-0.3, -0.25) is 4.79 Å². The number of hydrogen-bond donors (Lipinski definition) is 2. The molecule has 0 aromatic heterocycles. The van der Waals surface area contributed by atoms with E-state index in [9.17, 15) is 4.79 Å². The summed E-state index contributed by atoms with van der Waals surface area (Å²) >= 11 is 10.7. The van der Waals surface area contributed by atoms with Gasteiger partial charge in [0, 0.05) is 0 Å². The van der Waals surface area contributed by atoms with E-state index >= 15 is 0 Å². The molecule has 0 saturated heterocycles. The highest BCUT2D eigenvalue weighted by Crippen LogP contribution is 2.21. The molecule has 0 aliphatic carbocycles. The normalized spacial score (nSPS) is 11.9. The molecule has 1 amide bonds. The number of para-hydroxylation sites is 1. The van der Waals surface area contributed by atoms with Crippen LogP contribution in [0.3, 0.4) is 0 Å². The maximum atomic E-state index is 11.8. The van der Waals surface area contributed by atoms with Crippen LogP contribution in [-0.4, -0.2) is 10.9 Å². The van der Waals surface area contributed by atoms with Crippen molar-refractivity contribution in [2.24, 2.45) is 11.7 Å². The topological polar surface area (TPSA) is 55.1 Å². The number of carbonyl (C=O) groups is 1. The Morgan fingerprint density at radius 3 is 2.69 bits per heavy atom. The van der Waals surface area contributed by atoms with Gasteiger partial charge >= 0.3 is 0 Å². The van der Waals surface area contributed by atoms with Crippen LogP contribution in [0.25, 0.3) is 0 Å². The third kappa shape index (κ3) is 3.18. The quantitative estimate of drug-likeness (QED) is 0.815. The van der Waals surface area contributed by atoms with Gasteiger partial charge in [0.05, 0.1) is 21.6 Å². The van der Waals surface area contributed by atoms with Gasteiger partial charge in [-0.05, 0) is 18.6 Å². The number of rotatable bonds is 4. The van der Waals surface area contributed by atoms with Crippen molar-refractivity contribution >= 4 is 40.4 Å². The molecule has 3 N–H and O–H groups in total. The average Bonchev–Trinajstić information content (AvgIpc) is 2.22. The second kappa shape index (κ2) is 5.82. The average molecular weight is 257 g/mol. The highest BCUT2D eigenvalue weighted by molar-refractivity contribution is 7.80. The molecule has 16 heavy (non-hydrogen) atoms. The van der Waals surface area contributed by atoms with Gasteiger partial charge < -0.3 is 11.1 Å². The van der Waals surface area contributed by atoms with E-state index in [4.69, 9.17) is 29.6 Å². The van der Waals surface area contributed by atoms with Crippen LogP contribution in [0, 0.1) is 5.92 Å². The zero-order chi connectivity index (χ0) is 12.1. The summed E-state index contributed by atoms with van der Waals surface area (Å²) in [4.78, 5) is 12.0. The van der Waals surface area contributed by atoms with Crippen molar-refractivity contribution in [3.05, 3.63) is 29.3 Å². The van der Waals surface area contributed by atoms with Crippen LogP contribution in [0.5, 0.6) is 0 Å². The highest BCUT2D eigenvalue weighted by Gasteiger charge is 2.19. The van der Waals surface area contributed by atoms with Gasteiger partial charge in [-0.1, -0.05) is 42.9 Å². The number of halogens is 1. The van der Waals surface area contributed by atoms with Crippen LogP contribution in [0.15, 0.2) is 24.3 Å². The van der Waals surface area contributed by atoms with Crippen molar-refractivity contribution in [2.75, 3.05) is 5.32 Å². The van der Waals surface area contributed by atoms with Crippen molar-refractivity contribution in [3.63, 3.8) is 0 Å². The number of nitrogens with one attached hydrogen (secondary N) is 1. The first kappa shape index (κ1) is 12.9. The van der Waals surface area contributed by atoms with E-state index in [2.05, 4.69) is 5.32 Å². The van der Waals surface area contributed by atoms with Crippen molar-refractivity contribution in [1.82, 2.24) is 0 Å². The number of nitrogens with two attached hydrogens (primary N) is 1. The molecule has 1 atom stereocenters. The Morgan fingerprint density at radius 1 is 1.56 bits per heavy atom. The Labute approximate surface area is 105 Å². The summed E-state index contributed by atoms with van der Waals surface area (Å²) in [7, 11) is 0. The fourth-order valence-corrected chi connectivity index (χ4v) is 1.75. The number of amides is 1. The lowest BCUT2D eigenvalue weighted by Crippen LogP contribution is -2.32. The van der Waals surface area contributed by atoms with E-state index in [0.29, 0.717) is 17.1 Å². The summed E-state index contributed by atoms with van der Waals surface area (Å²) in [5.74, 6) is -0.672. The summed E-state index contributed by atoms with van der Waals surface area (Å²) in [6.07, 6.45) is 0.575. The maximum absolute atomic E-state index is 11.8. The second-order valence-corrected chi connectivity index (χ2v) is 4.21. The minimum Gasteiger partial charge on any atom is -0.393 e. The number of hydrogen-bond acceptors (Lipinski definition) is 2. The van der Waals surface area contributed by atoms with Crippen molar-refractivity contribution < 1.29 is 4.79 Å². The van der Waals surface area contributed by atoms with E-state index in [1.54, 1.807) is 24.3 Å². The summed E-state index contributed by atoms with van der Waals surface area (Å²) in [5, 5.41) is 3.20. The summed E-state index contributed by atoms with van der Waals surface area (Å²) in [6.45, 7) is 1.86. The monoisotopic (exact) mass is 256 g/mol. The summed E-state index contributed by atoms with van der Waals surface area (Å²) in [5.41, 5.74) is 6.05. The molecule has 5 heteroatoms. The second-order valence-electron chi connectivity index (χ2n) is 3.33. The smallest absolute Gasteiger partial charge is 0.234 e. The number of benzene rings is 1. The molecule has 0 heterocycles. The van der Waals surface area contributed by atoms with E-state index in [1.807, 2.05) is 6.92 Å². The molecule has 86 valence electrons. The minimum absolute atomic E-state index is 0.201. The van der Waals surface area contributed by atoms with Crippen molar-refractivity contribution in [1.29, 1.82) is 0 Å². The fraction of sp³-hybridized carbons (Fsp3) is 0.273. The first-order valence-corrected chi connectivity index (χ1v) is 5.69. The highest BCUT2D eigenvalue weighted by atomic mass is 35.5. The minimum atomic E-state index is -0.453. The summed E-state index contributed by atoms with van der Waals surface area (Å²) < 4.78 is 0. The Balaban J connectivity index is 2.78. The van der Waals surface area contributed by atoms with Crippen LogP contribution in [0.4, 0.5) is 5.69 Å². The largest absolute Gasteiger partial charge is 0.393 e. The van der Waals surface area contributed by atoms with Gasteiger partial charge in [-0.25, -0.2) is 0 Å². The van der Waals surface area contributed by atoms with Gasteiger partial charge in [-0.15, -0.1) is 0 Å². The zero-order valence-electron chi connectivity index (χ0n) is 8.87. The van der Waals surface area contributed by atoms with E-state index in [0.717, 1.165) is 0 Å². The number of carbonyl (C=O) groups excluding carboxylic acids is 1. The molecule has 1 rings (SSSR count). The molecular weight excluding hydrogens is 244 g/mol. The van der Waals surface area contributed by atoms with Gasteiger partial charge in [0.25, 0.3) is 0 Å². The standard InChI is InChI=1S/C11H13ClN2OS/c1-2-7(10(13)16)11(15)14-9-6-4-3-5-8(9)12/h3-7H,2H2,1H3,(H2,13,16)(H,14,15). The van der Waals surface area contributed by atoms with Crippen LogP contribution in [0.1, 0.15) is 13.3 Å². The van der Waals surface area contributed by atoms with Crippen molar-refractivity contribution in [3.8, 4) is 0 Å². The lowest BCUT2D eigenvalue weighted by atomic mass is 10.1. The first-order chi connectivity index (χ1) is 7.56. The van der Waals surface area contributed by atoms with Crippen molar-refractivity contribution in [2.45, 2.75) is 13.3 Å². The molecular formula is C11H13ClN2OS. The molecule has 0 bridgehead atoms. The molecule has 1 unspecified atom stereocenters. The third-order valence-electron chi connectivity index (χ3n) is 2.20. The SMILES string of the molecule is CCC(C(=O)Nc1ccccc1Cl)C(N)=S. The van der Waals surface area contributed by atoms with Gasteiger partial charge in [-0.2, -0.15) is 0 Å². The molecule has 0 aliphatic rings. The fourth-order valence-electron chi connectivity index (χ4n) is 1.30. The molecule has 3 nitrogen and oxygen atoms in total. The molecule has 0 fully saturated rings. The number of thiocarbonyl (C=S) groups is 1. The lowest BCUT2D eigenvalue weighted by molar-refractivity contribution is -0.118. The molecule has 0 radical (unpaired) electrons. The van der Waals surface area contributed by atoms with Gasteiger partial charge in [0.1, 0.15) is 0 Å². The van der Waals surface area contributed by atoms with Gasteiger partial charge in [0.15, 0.2) is 0 Å². The summed E-state index contributed by atoms with van der Waals surface area (Å²) in [6, 6.07) is 7.03. The van der Waals surface area contributed by atoms with Gasteiger partial charge in [0.2, 0.25) is 5.91 Å². The van der Waals surface area contributed by atoms with E-state index in [1.165, 1.54) is 0 Å². The Hall–Kier alpha value is -1.13. The first-order valence-electron chi connectivity index (χ1n) is 4.91.